The molecule has 0 radical (unpaired) electrons. The van der Waals surface area contributed by atoms with Gasteiger partial charge in [0.2, 0.25) is 0 Å². The van der Waals surface area contributed by atoms with Crippen LogP contribution in [-0.4, -0.2) is 25.7 Å². The molecule has 1 aromatic carbocycles. The molecule has 0 aliphatic heterocycles. The van der Waals surface area contributed by atoms with Crippen LogP contribution in [0.3, 0.4) is 0 Å². The maximum Gasteiger partial charge on any atom is 0.433 e. The van der Waals surface area contributed by atoms with Crippen LogP contribution < -0.4 is 10.3 Å². The number of aryl methyl sites for hydroxylation is 1. The topological polar surface area (TPSA) is 61.9 Å². The molecule has 0 aliphatic rings. The van der Waals surface area contributed by atoms with Crippen LogP contribution in [0.1, 0.15) is 5.69 Å². The second-order valence-corrected chi connectivity index (χ2v) is 6.13. The maximum absolute atomic E-state index is 13.2. The van der Waals surface area contributed by atoms with Gasteiger partial charge < -0.3 is 9.30 Å². The van der Waals surface area contributed by atoms with Crippen molar-refractivity contribution in [1.29, 1.82) is 0 Å². The zero-order chi connectivity index (χ0) is 20.9. The summed E-state index contributed by atoms with van der Waals surface area (Å²) >= 11 is 0. The smallest absolute Gasteiger partial charge is 0.433 e. The van der Waals surface area contributed by atoms with E-state index in [4.69, 9.17) is 0 Å². The molecule has 6 nitrogen and oxygen atoms in total. The Balaban J connectivity index is 2.05. The number of hydrogen-bond donors (Lipinski definition) is 0. The van der Waals surface area contributed by atoms with Crippen LogP contribution in [0.15, 0.2) is 47.5 Å². The number of alkyl halides is 5. The summed E-state index contributed by atoms with van der Waals surface area (Å²) < 4.78 is 71.0. The first-order valence-corrected chi connectivity index (χ1v) is 8.16. The monoisotopic (exact) mass is 410 g/mol. The third kappa shape index (κ3) is 3.18. The van der Waals surface area contributed by atoms with Crippen molar-refractivity contribution in [2.75, 3.05) is 0 Å². The van der Waals surface area contributed by atoms with Crippen LogP contribution in [0.4, 0.5) is 22.0 Å². The Labute approximate surface area is 158 Å². The van der Waals surface area contributed by atoms with Gasteiger partial charge in [0, 0.05) is 12.4 Å². The Bertz CT molecular complexity index is 1280. The Morgan fingerprint density at radius 3 is 2.38 bits per heavy atom. The zero-order valence-corrected chi connectivity index (χ0v) is 14.6. The Morgan fingerprint density at radius 1 is 1.07 bits per heavy atom. The van der Waals surface area contributed by atoms with Gasteiger partial charge in [0.15, 0.2) is 5.52 Å². The van der Waals surface area contributed by atoms with E-state index < -0.39 is 24.0 Å². The number of ether oxygens (including phenoxy) is 1. The lowest BCUT2D eigenvalue weighted by molar-refractivity contribution is -0.141. The Morgan fingerprint density at radius 2 is 1.76 bits per heavy atom. The van der Waals surface area contributed by atoms with Crippen LogP contribution in [0.5, 0.6) is 5.75 Å². The predicted molar refractivity (Wildman–Crippen MR) is 93.2 cm³/mol. The maximum atomic E-state index is 13.2. The van der Waals surface area contributed by atoms with E-state index in [1.807, 2.05) is 0 Å². The van der Waals surface area contributed by atoms with E-state index in [0.29, 0.717) is 5.52 Å². The van der Waals surface area contributed by atoms with Crippen molar-refractivity contribution >= 4 is 22.1 Å². The van der Waals surface area contributed by atoms with Crippen molar-refractivity contribution < 1.29 is 26.7 Å². The molecule has 0 fully saturated rings. The second kappa shape index (κ2) is 6.54. The van der Waals surface area contributed by atoms with Crippen molar-refractivity contribution in [1.82, 2.24) is 19.1 Å². The average molecular weight is 410 g/mol. The zero-order valence-electron chi connectivity index (χ0n) is 14.6. The summed E-state index contributed by atoms with van der Waals surface area (Å²) in [6, 6.07) is 6.94. The van der Waals surface area contributed by atoms with E-state index in [1.54, 1.807) is 7.05 Å². The number of aromatic nitrogens is 4. The third-order valence-electron chi connectivity index (χ3n) is 4.30. The highest BCUT2D eigenvalue weighted by Crippen LogP contribution is 2.31. The van der Waals surface area contributed by atoms with E-state index in [0.717, 1.165) is 10.6 Å². The number of hydrogen-bond acceptors (Lipinski definition) is 4. The number of halogens is 5. The fraction of sp³-hybridized carbons (Fsp3) is 0.167. The highest BCUT2D eigenvalue weighted by atomic mass is 19.4. The molecule has 11 heteroatoms. The summed E-state index contributed by atoms with van der Waals surface area (Å²) in [5.74, 6) is -0.163. The van der Waals surface area contributed by atoms with Crippen molar-refractivity contribution in [3.05, 3.63) is 58.8 Å². The highest BCUT2D eigenvalue weighted by molar-refractivity contribution is 6.01. The summed E-state index contributed by atoms with van der Waals surface area (Å²) in [5.41, 5.74) is -1.60. The molecule has 0 spiro atoms. The molecule has 0 N–H and O–H groups in total. The van der Waals surface area contributed by atoms with E-state index in [2.05, 4.69) is 14.7 Å². The minimum atomic E-state index is -4.72. The van der Waals surface area contributed by atoms with E-state index in [9.17, 15) is 26.7 Å². The second-order valence-electron chi connectivity index (χ2n) is 6.13. The van der Waals surface area contributed by atoms with E-state index >= 15 is 0 Å². The van der Waals surface area contributed by atoms with Gasteiger partial charge in [0.1, 0.15) is 17.1 Å². The average Bonchev–Trinajstić information content (AvgIpc) is 3.04. The standard InChI is InChI=1S/C18H11F5N4O2/c1-26-8-24-13-14(26)11-6-7-12(18(21,22)23)25-15(11)27(16(13)28)9-2-4-10(5-3-9)29-17(19)20/h2-8,17H,1H3. The van der Waals surface area contributed by atoms with Crippen LogP contribution >= 0.6 is 0 Å². The SMILES string of the molecule is Cn1cnc2c(=O)n(-c3ccc(OC(F)F)cc3)c3nc(C(F)(F)F)ccc3c21. The molecule has 4 aromatic rings. The van der Waals surface area contributed by atoms with Crippen molar-refractivity contribution in [3.63, 3.8) is 0 Å². The molecule has 0 saturated carbocycles. The summed E-state index contributed by atoms with van der Waals surface area (Å²) in [6.45, 7) is -3.04. The molecule has 29 heavy (non-hydrogen) atoms. The van der Waals surface area contributed by atoms with Crippen LogP contribution in [0, 0.1) is 0 Å². The van der Waals surface area contributed by atoms with Gasteiger partial charge in [0.25, 0.3) is 5.56 Å². The lowest BCUT2D eigenvalue weighted by Crippen LogP contribution is -2.21. The highest BCUT2D eigenvalue weighted by Gasteiger charge is 2.33. The lowest BCUT2D eigenvalue weighted by Gasteiger charge is -2.14. The minimum absolute atomic E-state index is 0.0365. The molecule has 0 unspecified atom stereocenters. The summed E-state index contributed by atoms with van der Waals surface area (Å²) in [6.07, 6.45) is -3.35. The summed E-state index contributed by atoms with van der Waals surface area (Å²) in [7, 11) is 1.60. The molecule has 4 rings (SSSR count). The number of benzene rings is 1. The van der Waals surface area contributed by atoms with Crippen LogP contribution in [-0.2, 0) is 13.2 Å². The number of rotatable bonds is 3. The number of nitrogens with zero attached hydrogens (tertiary/aromatic N) is 4. The number of imidazole rings is 1. The molecule has 0 bridgehead atoms. The first-order valence-electron chi connectivity index (χ1n) is 8.16. The summed E-state index contributed by atoms with van der Waals surface area (Å²) in [4.78, 5) is 20.7. The Hall–Kier alpha value is -3.50. The molecule has 150 valence electrons. The molecular formula is C18H11F5N4O2. The largest absolute Gasteiger partial charge is 0.435 e. The first-order chi connectivity index (χ1) is 13.7. The predicted octanol–water partition coefficient (Wildman–Crippen LogP) is 3.89. The van der Waals surface area contributed by atoms with E-state index in [-0.39, 0.29) is 28.0 Å². The number of fused-ring (bicyclic) bond motifs is 3. The molecule has 3 aromatic heterocycles. The van der Waals surface area contributed by atoms with Gasteiger partial charge in [-0.1, -0.05) is 0 Å². The van der Waals surface area contributed by atoms with Gasteiger partial charge in [-0.2, -0.15) is 22.0 Å². The molecule has 0 amide bonds. The van der Waals surface area contributed by atoms with Crippen LogP contribution in [0.25, 0.3) is 27.8 Å². The molecular weight excluding hydrogens is 399 g/mol. The third-order valence-corrected chi connectivity index (χ3v) is 4.30. The van der Waals surface area contributed by atoms with Gasteiger partial charge in [0.05, 0.1) is 17.5 Å². The molecule has 0 aliphatic carbocycles. The van der Waals surface area contributed by atoms with Gasteiger partial charge in [-0.15, -0.1) is 0 Å². The quantitative estimate of drug-likeness (QED) is 0.481. The van der Waals surface area contributed by atoms with Crippen LogP contribution in [0.2, 0.25) is 0 Å². The fourth-order valence-corrected chi connectivity index (χ4v) is 3.08. The fourth-order valence-electron chi connectivity index (χ4n) is 3.08. The van der Waals surface area contributed by atoms with Crippen molar-refractivity contribution in [2.24, 2.45) is 7.05 Å². The van der Waals surface area contributed by atoms with Gasteiger partial charge in [-0.3, -0.25) is 9.36 Å². The molecule has 3 heterocycles. The lowest BCUT2D eigenvalue weighted by atomic mass is 10.2. The van der Waals surface area contributed by atoms with E-state index in [1.165, 1.54) is 41.2 Å². The van der Waals surface area contributed by atoms with Gasteiger partial charge in [-0.05, 0) is 36.4 Å². The summed E-state index contributed by atoms with van der Waals surface area (Å²) in [5, 5.41) is 0.278. The van der Waals surface area contributed by atoms with Gasteiger partial charge >= 0.3 is 12.8 Å². The molecule has 0 atom stereocenters. The number of pyridine rings is 2. The van der Waals surface area contributed by atoms with Crippen molar-refractivity contribution in [3.8, 4) is 11.4 Å². The minimum Gasteiger partial charge on any atom is -0.435 e. The Kier molecular flexibility index (Phi) is 4.25. The van der Waals surface area contributed by atoms with Gasteiger partial charge in [-0.25, -0.2) is 9.97 Å². The molecule has 0 saturated heterocycles. The normalized spacial score (nSPS) is 12.2. The first kappa shape index (κ1) is 18.8. The van der Waals surface area contributed by atoms with Crippen molar-refractivity contribution in [2.45, 2.75) is 12.8 Å².